The minimum atomic E-state index is -0.884. The zero-order valence-electron chi connectivity index (χ0n) is 9.68. The van der Waals surface area contributed by atoms with Crippen molar-refractivity contribution >= 4 is 11.6 Å². The van der Waals surface area contributed by atoms with Crippen LogP contribution in [0.2, 0.25) is 5.02 Å². The number of hydrogen-bond acceptors (Lipinski definition) is 2. The van der Waals surface area contributed by atoms with Crippen LogP contribution in [-0.4, -0.2) is 14.7 Å². The van der Waals surface area contributed by atoms with Crippen LogP contribution in [0.1, 0.15) is 18.9 Å². The lowest BCUT2D eigenvalue weighted by Gasteiger charge is -2.27. The zero-order chi connectivity index (χ0) is 12.3. The third-order valence-electron chi connectivity index (χ3n) is 2.97. The molecule has 3 nitrogen and oxygen atoms in total. The molecule has 1 N–H and O–H groups in total. The fraction of sp³-hybridized carbons (Fsp3) is 0.308. The van der Waals surface area contributed by atoms with Gasteiger partial charge < -0.3 is 9.67 Å². The molecule has 0 bridgehead atoms. The van der Waals surface area contributed by atoms with Gasteiger partial charge in [-0.25, -0.2) is 4.98 Å². The average molecular weight is 251 g/mol. The topological polar surface area (TPSA) is 38.0 Å². The van der Waals surface area contributed by atoms with Gasteiger partial charge in [0.25, 0.3) is 0 Å². The number of imidazole rings is 1. The standard InChI is InChI=1S/C13H15ClN2O/c1-2-13(17,9-16-8-7-15-10-16)11-3-5-12(14)6-4-11/h3-8,10,17H,2,9H2,1H3. The third-order valence-corrected chi connectivity index (χ3v) is 3.22. The fourth-order valence-corrected chi connectivity index (χ4v) is 1.98. The van der Waals surface area contributed by atoms with Gasteiger partial charge in [-0.3, -0.25) is 0 Å². The molecular formula is C13H15ClN2O. The fourth-order valence-electron chi connectivity index (χ4n) is 1.85. The van der Waals surface area contributed by atoms with E-state index in [1.54, 1.807) is 24.7 Å². The first-order valence-corrected chi connectivity index (χ1v) is 5.96. The molecule has 0 aliphatic carbocycles. The molecule has 0 fully saturated rings. The highest BCUT2D eigenvalue weighted by molar-refractivity contribution is 6.30. The Labute approximate surface area is 106 Å². The number of hydrogen-bond donors (Lipinski definition) is 1. The minimum absolute atomic E-state index is 0.491. The Morgan fingerprint density at radius 1 is 1.35 bits per heavy atom. The van der Waals surface area contributed by atoms with Gasteiger partial charge in [-0.1, -0.05) is 30.7 Å². The second kappa shape index (κ2) is 4.90. The Kier molecular flexibility index (Phi) is 3.50. The van der Waals surface area contributed by atoms with Crippen molar-refractivity contribution in [3.63, 3.8) is 0 Å². The van der Waals surface area contributed by atoms with Crippen molar-refractivity contribution in [1.29, 1.82) is 0 Å². The lowest BCUT2D eigenvalue weighted by molar-refractivity contribution is 0.0143. The van der Waals surface area contributed by atoms with E-state index in [1.165, 1.54) is 0 Å². The van der Waals surface area contributed by atoms with E-state index in [1.807, 2.05) is 29.8 Å². The Balaban J connectivity index is 2.27. The van der Waals surface area contributed by atoms with E-state index in [2.05, 4.69) is 4.98 Å². The summed E-state index contributed by atoms with van der Waals surface area (Å²) in [5.41, 5.74) is -0.0104. The number of benzene rings is 1. The Morgan fingerprint density at radius 3 is 2.59 bits per heavy atom. The van der Waals surface area contributed by atoms with Gasteiger partial charge in [0.2, 0.25) is 0 Å². The number of aliphatic hydroxyl groups is 1. The molecule has 0 saturated carbocycles. The maximum Gasteiger partial charge on any atom is 0.107 e. The maximum atomic E-state index is 10.7. The largest absolute Gasteiger partial charge is 0.383 e. The van der Waals surface area contributed by atoms with E-state index in [0.29, 0.717) is 18.0 Å². The van der Waals surface area contributed by atoms with Crippen LogP contribution < -0.4 is 0 Å². The van der Waals surface area contributed by atoms with E-state index in [4.69, 9.17) is 11.6 Å². The Hall–Kier alpha value is -1.32. The van der Waals surface area contributed by atoms with Gasteiger partial charge in [0, 0.05) is 17.4 Å². The lowest BCUT2D eigenvalue weighted by Crippen LogP contribution is -2.30. The van der Waals surface area contributed by atoms with Crippen molar-refractivity contribution in [2.75, 3.05) is 0 Å². The highest BCUT2D eigenvalue weighted by Crippen LogP contribution is 2.27. The predicted octanol–water partition coefficient (Wildman–Crippen LogP) is 2.83. The second-order valence-corrected chi connectivity index (χ2v) is 4.56. The van der Waals surface area contributed by atoms with E-state index < -0.39 is 5.60 Å². The number of nitrogens with zero attached hydrogens (tertiary/aromatic N) is 2. The average Bonchev–Trinajstić information content (AvgIpc) is 2.82. The maximum absolute atomic E-state index is 10.7. The summed E-state index contributed by atoms with van der Waals surface area (Å²) >= 11 is 5.85. The molecule has 4 heteroatoms. The number of aromatic nitrogens is 2. The molecule has 0 saturated heterocycles. The molecule has 0 spiro atoms. The molecule has 0 aliphatic rings. The van der Waals surface area contributed by atoms with Crippen molar-refractivity contribution in [2.45, 2.75) is 25.5 Å². The number of halogens is 1. The van der Waals surface area contributed by atoms with Gasteiger partial charge in [0.05, 0.1) is 12.9 Å². The summed E-state index contributed by atoms with van der Waals surface area (Å²) in [6, 6.07) is 7.32. The molecule has 1 unspecified atom stereocenters. The molecule has 0 aliphatic heterocycles. The first-order valence-electron chi connectivity index (χ1n) is 5.58. The molecule has 1 heterocycles. The monoisotopic (exact) mass is 250 g/mol. The molecule has 2 rings (SSSR count). The van der Waals surface area contributed by atoms with Gasteiger partial charge in [-0.2, -0.15) is 0 Å². The molecule has 1 atom stereocenters. The van der Waals surface area contributed by atoms with Crippen LogP contribution >= 0.6 is 11.6 Å². The molecule has 17 heavy (non-hydrogen) atoms. The molecule has 0 amide bonds. The summed E-state index contributed by atoms with van der Waals surface area (Å²) < 4.78 is 1.87. The zero-order valence-corrected chi connectivity index (χ0v) is 10.4. The molecule has 1 aromatic heterocycles. The first-order chi connectivity index (χ1) is 8.14. The molecule has 90 valence electrons. The lowest BCUT2D eigenvalue weighted by atomic mass is 9.91. The molecule has 0 radical (unpaired) electrons. The van der Waals surface area contributed by atoms with E-state index in [0.717, 1.165) is 5.56 Å². The van der Waals surface area contributed by atoms with Crippen molar-refractivity contribution in [3.8, 4) is 0 Å². The SMILES string of the molecule is CCC(O)(Cn1ccnc1)c1ccc(Cl)cc1. The van der Waals surface area contributed by atoms with Crippen LogP contribution in [0.25, 0.3) is 0 Å². The van der Waals surface area contributed by atoms with Crippen LogP contribution in [0.15, 0.2) is 43.0 Å². The summed E-state index contributed by atoms with van der Waals surface area (Å²) in [5, 5.41) is 11.3. The van der Waals surface area contributed by atoms with Crippen molar-refractivity contribution in [3.05, 3.63) is 53.6 Å². The summed E-state index contributed by atoms with van der Waals surface area (Å²) in [4.78, 5) is 3.98. The predicted molar refractivity (Wildman–Crippen MR) is 67.9 cm³/mol. The van der Waals surface area contributed by atoms with E-state index in [9.17, 15) is 5.11 Å². The first kappa shape index (κ1) is 12.1. The van der Waals surface area contributed by atoms with Gasteiger partial charge in [0.15, 0.2) is 0 Å². The van der Waals surface area contributed by atoms with Gasteiger partial charge in [-0.15, -0.1) is 0 Å². The second-order valence-electron chi connectivity index (χ2n) is 4.13. The smallest absolute Gasteiger partial charge is 0.107 e. The van der Waals surface area contributed by atoms with Crippen LogP contribution in [0.5, 0.6) is 0 Å². The van der Waals surface area contributed by atoms with E-state index in [-0.39, 0.29) is 0 Å². The minimum Gasteiger partial charge on any atom is -0.383 e. The molecular weight excluding hydrogens is 236 g/mol. The summed E-state index contributed by atoms with van der Waals surface area (Å²) in [5.74, 6) is 0. The van der Waals surface area contributed by atoms with Crippen LogP contribution in [0.4, 0.5) is 0 Å². The normalized spacial score (nSPS) is 14.5. The van der Waals surface area contributed by atoms with Crippen molar-refractivity contribution in [2.24, 2.45) is 0 Å². The summed E-state index contributed by atoms with van der Waals surface area (Å²) in [7, 11) is 0. The van der Waals surface area contributed by atoms with Crippen LogP contribution in [0, 0.1) is 0 Å². The Morgan fingerprint density at radius 2 is 2.06 bits per heavy atom. The van der Waals surface area contributed by atoms with Gasteiger partial charge >= 0.3 is 0 Å². The third kappa shape index (κ3) is 2.68. The molecule has 2 aromatic rings. The van der Waals surface area contributed by atoms with Gasteiger partial charge in [0.1, 0.15) is 5.60 Å². The van der Waals surface area contributed by atoms with Crippen LogP contribution in [0.3, 0.4) is 0 Å². The van der Waals surface area contributed by atoms with E-state index >= 15 is 0 Å². The highest BCUT2D eigenvalue weighted by atomic mass is 35.5. The summed E-state index contributed by atoms with van der Waals surface area (Å²) in [6.07, 6.45) is 5.89. The quantitative estimate of drug-likeness (QED) is 0.906. The summed E-state index contributed by atoms with van der Waals surface area (Å²) in [6.45, 7) is 2.46. The van der Waals surface area contributed by atoms with Gasteiger partial charge in [-0.05, 0) is 24.1 Å². The van der Waals surface area contributed by atoms with Crippen molar-refractivity contribution < 1.29 is 5.11 Å². The van der Waals surface area contributed by atoms with Crippen molar-refractivity contribution in [1.82, 2.24) is 9.55 Å². The highest BCUT2D eigenvalue weighted by Gasteiger charge is 2.27. The Bertz CT molecular complexity index is 467. The molecule has 1 aromatic carbocycles. The number of rotatable bonds is 4. The van der Waals surface area contributed by atoms with Crippen LogP contribution in [-0.2, 0) is 12.1 Å².